The Morgan fingerprint density at radius 3 is 2.50 bits per heavy atom. The third kappa shape index (κ3) is 5.01. The Morgan fingerprint density at radius 2 is 1.70 bits per heavy atom. The molecule has 1 saturated heterocycles. The Hall–Kier alpha value is -3.26. The summed E-state index contributed by atoms with van der Waals surface area (Å²) in [7, 11) is 0. The van der Waals surface area contributed by atoms with Gasteiger partial charge < -0.3 is 29.7 Å². The molecule has 2 heterocycles. The molecule has 2 amide bonds. The third-order valence-corrected chi connectivity index (χ3v) is 5.08. The molecule has 8 nitrogen and oxygen atoms in total. The zero-order valence-electron chi connectivity index (χ0n) is 16.7. The van der Waals surface area contributed by atoms with Crippen LogP contribution < -0.4 is 25.0 Å². The molecule has 2 aromatic rings. The van der Waals surface area contributed by atoms with Crippen LogP contribution in [-0.2, 0) is 20.7 Å². The summed E-state index contributed by atoms with van der Waals surface area (Å²) in [4.78, 5) is 26.4. The zero-order chi connectivity index (χ0) is 20.8. The van der Waals surface area contributed by atoms with E-state index >= 15 is 0 Å². The van der Waals surface area contributed by atoms with Gasteiger partial charge in [-0.05, 0) is 42.7 Å². The van der Waals surface area contributed by atoms with E-state index < -0.39 is 11.8 Å². The fourth-order valence-corrected chi connectivity index (χ4v) is 3.43. The van der Waals surface area contributed by atoms with Gasteiger partial charge in [-0.15, -0.1) is 0 Å². The molecule has 2 aliphatic rings. The lowest BCUT2D eigenvalue weighted by atomic mass is 10.1. The number of amides is 2. The third-order valence-electron chi connectivity index (χ3n) is 5.08. The number of ether oxygens (including phenoxy) is 3. The number of aryl methyl sites for hydroxylation is 1. The number of carbonyl (C=O) groups is 2. The number of hydrogen-bond acceptors (Lipinski definition) is 6. The molecule has 0 aromatic heterocycles. The highest BCUT2D eigenvalue weighted by molar-refractivity contribution is 6.39. The van der Waals surface area contributed by atoms with Crippen LogP contribution in [0.15, 0.2) is 42.5 Å². The van der Waals surface area contributed by atoms with Crippen molar-refractivity contribution < 1.29 is 23.8 Å². The predicted octanol–water partition coefficient (Wildman–Crippen LogP) is 1.94. The van der Waals surface area contributed by atoms with Gasteiger partial charge in [0, 0.05) is 37.1 Å². The minimum absolute atomic E-state index is 0.156. The van der Waals surface area contributed by atoms with E-state index in [4.69, 9.17) is 14.2 Å². The molecule has 8 heteroatoms. The van der Waals surface area contributed by atoms with Crippen LogP contribution >= 0.6 is 0 Å². The first-order valence-corrected chi connectivity index (χ1v) is 10.1. The van der Waals surface area contributed by atoms with E-state index in [0.29, 0.717) is 23.7 Å². The number of rotatable bonds is 6. The highest BCUT2D eigenvalue weighted by atomic mass is 16.7. The lowest BCUT2D eigenvalue weighted by Gasteiger charge is -2.28. The fourth-order valence-electron chi connectivity index (χ4n) is 3.43. The molecule has 0 unspecified atom stereocenters. The molecule has 4 rings (SSSR count). The van der Waals surface area contributed by atoms with Gasteiger partial charge in [0.25, 0.3) is 0 Å². The predicted molar refractivity (Wildman–Crippen MR) is 112 cm³/mol. The number of nitrogens with zero attached hydrogens (tertiary/aromatic N) is 1. The Kier molecular flexibility index (Phi) is 6.34. The largest absolute Gasteiger partial charge is 0.454 e. The van der Waals surface area contributed by atoms with Gasteiger partial charge in [0.05, 0.1) is 13.2 Å². The molecule has 1 fully saturated rings. The first-order valence-electron chi connectivity index (χ1n) is 10.1. The van der Waals surface area contributed by atoms with Gasteiger partial charge in [-0.3, -0.25) is 9.59 Å². The highest BCUT2D eigenvalue weighted by Gasteiger charge is 2.17. The van der Waals surface area contributed by atoms with Crippen LogP contribution in [0.1, 0.15) is 12.0 Å². The quantitative estimate of drug-likeness (QED) is 0.558. The number of anilines is 2. The SMILES string of the molecule is O=C(NCCCc1ccc(N2CCOCC2)cc1)C(=O)Nc1ccc2c(c1)OCO2. The van der Waals surface area contributed by atoms with Crippen molar-refractivity contribution >= 4 is 23.2 Å². The van der Waals surface area contributed by atoms with Crippen LogP contribution in [0.25, 0.3) is 0 Å². The van der Waals surface area contributed by atoms with Crippen molar-refractivity contribution in [3.8, 4) is 11.5 Å². The standard InChI is InChI=1S/C22H25N3O5/c26-21(22(27)24-17-5-8-19-20(14-17)30-15-29-19)23-9-1-2-16-3-6-18(7-4-16)25-10-12-28-13-11-25/h3-8,14H,1-2,9-13,15H2,(H,23,26)(H,24,27). The summed E-state index contributed by atoms with van der Waals surface area (Å²) in [5.41, 5.74) is 2.89. The van der Waals surface area contributed by atoms with Crippen LogP contribution in [0.4, 0.5) is 11.4 Å². The van der Waals surface area contributed by atoms with Gasteiger partial charge in [-0.1, -0.05) is 12.1 Å². The van der Waals surface area contributed by atoms with Gasteiger partial charge in [0.2, 0.25) is 6.79 Å². The van der Waals surface area contributed by atoms with Crippen molar-refractivity contribution in [3.05, 3.63) is 48.0 Å². The van der Waals surface area contributed by atoms with E-state index in [1.165, 1.54) is 11.3 Å². The molecule has 2 aliphatic heterocycles. The van der Waals surface area contributed by atoms with Crippen LogP contribution in [0.2, 0.25) is 0 Å². The van der Waals surface area contributed by atoms with Crippen molar-refractivity contribution in [2.45, 2.75) is 12.8 Å². The molecular weight excluding hydrogens is 386 g/mol. The minimum atomic E-state index is -0.705. The monoisotopic (exact) mass is 411 g/mol. The van der Waals surface area contributed by atoms with E-state index in [1.54, 1.807) is 18.2 Å². The summed E-state index contributed by atoms with van der Waals surface area (Å²) < 4.78 is 15.9. The van der Waals surface area contributed by atoms with Crippen molar-refractivity contribution in [2.75, 3.05) is 49.9 Å². The van der Waals surface area contributed by atoms with Crippen LogP contribution in [0.5, 0.6) is 11.5 Å². The summed E-state index contributed by atoms with van der Waals surface area (Å²) in [5.74, 6) is -0.192. The Balaban J connectivity index is 1.17. The van der Waals surface area contributed by atoms with E-state index in [9.17, 15) is 9.59 Å². The molecule has 158 valence electrons. The Bertz CT molecular complexity index is 894. The minimum Gasteiger partial charge on any atom is -0.454 e. The van der Waals surface area contributed by atoms with Crippen molar-refractivity contribution in [3.63, 3.8) is 0 Å². The van der Waals surface area contributed by atoms with E-state index in [0.717, 1.165) is 39.1 Å². The smallest absolute Gasteiger partial charge is 0.313 e. The maximum Gasteiger partial charge on any atom is 0.313 e. The molecule has 0 spiro atoms. The van der Waals surface area contributed by atoms with Gasteiger partial charge in [0.15, 0.2) is 11.5 Å². The van der Waals surface area contributed by atoms with Crippen LogP contribution in [-0.4, -0.2) is 51.5 Å². The molecule has 30 heavy (non-hydrogen) atoms. The van der Waals surface area contributed by atoms with Gasteiger partial charge in [-0.2, -0.15) is 0 Å². The molecule has 0 radical (unpaired) electrons. The van der Waals surface area contributed by atoms with E-state index in [-0.39, 0.29) is 6.79 Å². The Morgan fingerprint density at radius 1 is 0.933 bits per heavy atom. The lowest BCUT2D eigenvalue weighted by Crippen LogP contribution is -2.36. The number of hydrogen-bond donors (Lipinski definition) is 2. The molecule has 0 saturated carbocycles. The summed E-state index contributed by atoms with van der Waals surface area (Å²) in [6, 6.07) is 13.5. The van der Waals surface area contributed by atoms with Crippen molar-refractivity contribution in [1.82, 2.24) is 5.32 Å². The number of fused-ring (bicyclic) bond motifs is 1. The molecule has 2 aromatic carbocycles. The summed E-state index contributed by atoms with van der Waals surface area (Å²) in [6.45, 7) is 3.95. The topological polar surface area (TPSA) is 89.1 Å². The number of morpholine rings is 1. The van der Waals surface area contributed by atoms with E-state index in [2.05, 4.69) is 39.8 Å². The molecule has 0 atom stereocenters. The summed E-state index contributed by atoms with van der Waals surface area (Å²) in [6.07, 6.45) is 1.58. The molecule has 0 bridgehead atoms. The first-order chi connectivity index (χ1) is 14.7. The number of carbonyl (C=O) groups excluding carboxylic acids is 2. The fraction of sp³-hybridized carbons (Fsp3) is 0.364. The second kappa shape index (κ2) is 9.49. The zero-order valence-corrected chi connectivity index (χ0v) is 16.7. The maximum absolute atomic E-state index is 12.1. The van der Waals surface area contributed by atoms with Crippen LogP contribution in [0, 0.1) is 0 Å². The normalized spacial score (nSPS) is 15.0. The van der Waals surface area contributed by atoms with Crippen molar-refractivity contribution in [2.24, 2.45) is 0 Å². The lowest BCUT2D eigenvalue weighted by molar-refractivity contribution is -0.136. The second-order valence-corrected chi connectivity index (χ2v) is 7.15. The van der Waals surface area contributed by atoms with Gasteiger partial charge in [0.1, 0.15) is 0 Å². The number of nitrogens with one attached hydrogen (secondary N) is 2. The average molecular weight is 411 g/mol. The highest BCUT2D eigenvalue weighted by Crippen LogP contribution is 2.34. The summed E-state index contributed by atoms with van der Waals surface area (Å²) in [5, 5.41) is 5.23. The van der Waals surface area contributed by atoms with E-state index in [1.807, 2.05) is 0 Å². The molecule has 2 N–H and O–H groups in total. The summed E-state index contributed by atoms with van der Waals surface area (Å²) >= 11 is 0. The number of benzene rings is 2. The molecular formula is C22H25N3O5. The van der Waals surface area contributed by atoms with Crippen LogP contribution in [0.3, 0.4) is 0 Å². The van der Waals surface area contributed by atoms with Gasteiger partial charge in [-0.25, -0.2) is 0 Å². The van der Waals surface area contributed by atoms with Gasteiger partial charge >= 0.3 is 11.8 Å². The maximum atomic E-state index is 12.1. The first kappa shape index (κ1) is 20.0. The van der Waals surface area contributed by atoms with Crippen molar-refractivity contribution in [1.29, 1.82) is 0 Å². The Labute approximate surface area is 175 Å². The average Bonchev–Trinajstić information content (AvgIpc) is 3.25. The molecule has 0 aliphatic carbocycles. The second-order valence-electron chi connectivity index (χ2n) is 7.15.